The van der Waals surface area contributed by atoms with Gasteiger partial charge in [0.25, 0.3) is 0 Å². The summed E-state index contributed by atoms with van der Waals surface area (Å²) in [4.78, 5) is 28.1. The Labute approximate surface area is 154 Å². The number of pyridine rings is 1. The summed E-state index contributed by atoms with van der Waals surface area (Å²) in [6.45, 7) is 1.09. The number of Topliss-reactive ketones (excluding diaryl/α,β-unsaturated/α-hetero) is 1. The van der Waals surface area contributed by atoms with E-state index in [1.54, 1.807) is 42.5 Å². The maximum atomic E-state index is 12.4. The van der Waals surface area contributed by atoms with E-state index < -0.39 is 5.97 Å². The van der Waals surface area contributed by atoms with Gasteiger partial charge in [-0.1, -0.05) is 41.4 Å². The zero-order chi connectivity index (χ0) is 18.0. The van der Waals surface area contributed by atoms with E-state index in [2.05, 4.69) is 4.98 Å². The van der Waals surface area contributed by atoms with Crippen molar-refractivity contribution in [3.05, 3.63) is 64.1 Å². The maximum absolute atomic E-state index is 12.4. The van der Waals surface area contributed by atoms with Crippen LogP contribution in [0.1, 0.15) is 17.3 Å². The molecule has 0 saturated heterocycles. The van der Waals surface area contributed by atoms with Gasteiger partial charge in [-0.15, -0.1) is 0 Å². The lowest BCUT2D eigenvalue weighted by Crippen LogP contribution is -2.12. The fraction of sp³-hybridized carbons (Fsp3) is 0.105. The molecule has 0 radical (unpaired) electrons. The molecule has 0 aliphatic rings. The van der Waals surface area contributed by atoms with E-state index in [-0.39, 0.29) is 12.4 Å². The molecule has 4 nitrogen and oxygen atoms in total. The lowest BCUT2D eigenvalue weighted by molar-refractivity contribution is -0.120. The van der Waals surface area contributed by atoms with E-state index in [1.165, 1.54) is 6.92 Å². The SMILES string of the molecule is CC(=O)COC(=O)c1cc(-c2ccc(Cl)cc2Cl)nc2ccccc12. The van der Waals surface area contributed by atoms with Crippen LogP contribution < -0.4 is 0 Å². The standard InChI is InChI=1S/C19H13Cl2NO3/c1-11(23)10-25-19(24)15-9-18(14-7-6-12(20)8-16(14)21)22-17-5-3-2-4-13(15)17/h2-9H,10H2,1H3. The molecule has 1 heterocycles. The van der Waals surface area contributed by atoms with Crippen molar-refractivity contribution in [2.75, 3.05) is 6.61 Å². The van der Waals surface area contributed by atoms with Gasteiger partial charge in [0.2, 0.25) is 0 Å². The molecule has 0 unspecified atom stereocenters. The summed E-state index contributed by atoms with van der Waals surface area (Å²) in [5, 5.41) is 1.58. The van der Waals surface area contributed by atoms with Crippen molar-refractivity contribution in [2.45, 2.75) is 6.92 Å². The van der Waals surface area contributed by atoms with Crippen LogP contribution in [0.15, 0.2) is 48.5 Å². The highest BCUT2D eigenvalue weighted by Crippen LogP contribution is 2.32. The molecule has 0 amide bonds. The molecule has 3 rings (SSSR count). The van der Waals surface area contributed by atoms with Crippen molar-refractivity contribution >= 4 is 45.9 Å². The molecular weight excluding hydrogens is 361 g/mol. The number of ketones is 1. The van der Waals surface area contributed by atoms with Gasteiger partial charge in [-0.3, -0.25) is 4.79 Å². The third-order valence-corrected chi connectivity index (χ3v) is 4.10. The molecule has 0 fully saturated rings. The Bertz CT molecular complexity index is 986. The monoisotopic (exact) mass is 373 g/mol. The van der Waals surface area contributed by atoms with Gasteiger partial charge in [0.05, 0.1) is 21.8 Å². The van der Waals surface area contributed by atoms with Gasteiger partial charge in [-0.25, -0.2) is 9.78 Å². The fourth-order valence-corrected chi connectivity index (χ4v) is 2.93. The number of esters is 1. The quantitative estimate of drug-likeness (QED) is 0.606. The molecule has 1 aromatic heterocycles. The van der Waals surface area contributed by atoms with Crippen LogP contribution in [0.3, 0.4) is 0 Å². The first kappa shape index (κ1) is 17.4. The maximum Gasteiger partial charge on any atom is 0.339 e. The van der Waals surface area contributed by atoms with Crippen LogP contribution in [0.2, 0.25) is 10.0 Å². The number of rotatable bonds is 4. The summed E-state index contributed by atoms with van der Waals surface area (Å²) >= 11 is 12.2. The number of aromatic nitrogens is 1. The summed E-state index contributed by atoms with van der Waals surface area (Å²) in [5.41, 5.74) is 2.13. The smallest absolute Gasteiger partial charge is 0.339 e. The van der Waals surface area contributed by atoms with Crippen LogP contribution in [0.25, 0.3) is 22.2 Å². The molecule has 0 saturated carbocycles. The van der Waals surface area contributed by atoms with Gasteiger partial charge < -0.3 is 4.74 Å². The zero-order valence-corrected chi connectivity index (χ0v) is 14.8. The van der Waals surface area contributed by atoms with Gasteiger partial charge in [0.1, 0.15) is 6.61 Å². The summed E-state index contributed by atoms with van der Waals surface area (Å²) in [6, 6.07) is 13.9. The number of fused-ring (bicyclic) bond motifs is 1. The highest BCUT2D eigenvalue weighted by molar-refractivity contribution is 6.36. The highest BCUT2D eigenvalue weighted by atomic mass is 35.5. The largest absolute Gasteiger partial charge is 0.454 e. The predicted molar refractivity (Wildman–Crippen MR) is 98.2 cm³/mol. The number of carbonyl (C=O) groups excluding carboxylic acids is 2. The first-order valence-corrected chi connectivity index (χ1v) is 8.23. The number of ether oxygens (including phenoxy) is 1. The molecule has 0 atom stereocenters. The second-order valence-electron chi connectivity index (χ2n) is 5.47. The van der Waals surface area contributed by atoms with Gasteiger partial charge >= 0.3 is 5.97 Å². The summed E-state index contributed by atoms with van der Waals surface area (Å²) < 4.78 is 5.07. The van der Waals surface area contributed by atoms with Gasteiger partial charge in [-0.2, -0.15) is 0 Å². The average Bonchev–Trinajstić information content (AvgIpc) is 2.58. The topological polar surface area (TPSA) is 56.3 Å². The number of hydrogen-bond acceptors (Lipinski definition) is 4. The third-order valence-electron chi connectivity index (χ3n) is 3.55. The van der Waals surface area contributed by atoms with Crippen molar-refractivity contribution < 1.29 is 14.3 Å². The highest BCUT2D eigenvalue weighted by Gasteiger charge is 2.17. The number of carbonyl (C=O) groups is 2. The summed E-state index contributed by atoms with van der Waals surface area (Å²) in [5.74, 6) is -0.812. The van der Waals surface area contributed by atoms with E-state index in [0.29, 0.717) is 37.8 Å². The van der Waals surface area contributed by atoms with Crippen molar-refractivity contribution in [2.24, 2.45) is 0 Å². The van der Waals surface area contributed by atoms with Crippen LogP contribution >= 0.6 is 23.2 Å². The van der Waals surface area contributed by atoms with E-state index in [0.717, 1.165) is 0 Å². The Morgan fingerprint density at radius 3 is 2.56 bits per heavy atom. The molecule has 3 aromatic rings. The summed E-state index contributed by atoms with van der Waals surface area (Å²) in [7, 11) is 0. The minimum atomic E-state index is -0.583. The Kier molecular flexibility index (Phi) is 5.02. The molecule has 6 heteroatoms. The van der Waals surface area contributed by atoms with Crippen molar-refractivity contribution in [1.29, 1.82) is 0 Å². The molecule has 0 aliphatic carbocycles. The molecular formula is C19H13Cl2NO3. The predicted octanol–water partition coefficient (Wildman–Crippen LogP) is 4.95. The first-order valence-electron chi connectivity index (χ1n) is 7.47. The minimum Gasteiger partial charge on any atom is -0.454 e. The molecule has 0 N–H and O–H groups in total. The molecule has 126 valence electrons. The van der Waals surface area contributed by atoms with Crippen molar-refractivity contribution in [3.8, 4) is 11.3 Å². The molecule has 2 aromatic carbocycles. The number of nitrogens with zero attached hydrogens (tertiary/aromatic N) is 1. The van der Waals surface area contributed by atoms with Crippen molar-refractivity contribution in [3.63, 3.8) is 0 Å². The van der Waals surface area contributed by atoms with Crippen LogP contribution in [-0.2, 0) is 9.53 Å². The Hall–Kier alpha value is -2.43. The zero-order valence-electron chi connectivity index (χ0n) is 13.3. The van der Waals surface area contributed by atoms with Gasteiger partial charge in [0, 0.05) is 16.0 Å². The van der Waals surface area contributed by atoms with Crippen LogP contribution in [0.4, 0.5) is 0 Å². The van der Waals surface area contributed by atoms with E-state index in [1.807, 2.05) is 6.07 Å². The van der Waals surface area contributed by atoms with Gasteiger partial charge in [0.15, 0.2) is 5.78 Å². The van der Waals surface area contributed by atoms with E-state index >= 15 is 0 Å². The molecule has 0 bridgehead atoms. The lowest BCUT2D eigenvalue weighted by Gasteiger charge is -2.10. The average molecular weight is 374 g/mol. The third kappa shape index (κ3) is 3.81. The second-order valence-corrected chi connectivity index (χ2v) is 6.32. The van der Waals surface area contributed by atoms with Crippen LogP contribution in [0.5, 0.6) is 0 Å². The molecule has 0 aliphatic heterocycles. The lowest BCUT2D eigenvalue weighted by atomic mass is 10.0. The number of benzene rings is 2. The van der Waals surface area contributed by atoms with Crippen LogP contribution in [0, 0.1) is 0 Å². The van der Waals surface area contributed by atoms with Gasteiger partial charge in [-0.05, 0) is 37.3 Å². The van der Waals surface area contributed by atoms with Crippen LogP contribution in [-0.4, -0.2) is 23.3 Å². The number of hydrogen-bond donors (Lipinski definition) is 0. The Balaban J connectivity index is 2.15. The van der Waals surface area contributed by atoms with E-state index in [4.69, 9.17) is 27.9 Å². The fourth-order valence-electron chi connectivity index (χ4n) is 2.42. The van der Waals surface area contributed by atoms with E-state index in [9.17, 15) is 9.59 Å². The Morgan fingerprint density at radius 2 is 1.84 bits per heavy atom. The number of halogens is 2. The minimum absolute atomic E-state index is 0.229. The summed E-state index contributed by atoms with van der Waals surface area (Å²) in [6.07, 6.45) is 0. The number of para-hydroxylation sites is 1. The van der Waals surface area contributed by atoms with Crippen molar-refractivity contribution in [1.82, 2.24) is 4.98 Å². The normalized spacial score (nSPS) is 10.7. The molecule has 0 spiro atoms. The molecule has 25 heavy (non-hydrogen) atoms. The Morgan fingerprint density at radius 1 is 1.08 bits per heavy atom. The first-order chi connectivity index (χ1) is 12.0. The second kappa shape index (κ2) is 7.21.